The predicted molar refractivity (Wildman–Crippen MR) is 164 cm³/mol. The molecular weight excluding hydrogens is 532 g/mol. The summed E-state index contributed by atoms with van der Waals surface area (Å²) in [4.78, 5) is 22.7. The van der Waals surface area contributed by atoms with Crippen molar-refractivity contribution < 1.29 is 33.3 Å². The third-order valence-corrected chi connectivity index (χ3v) is 6.41. The van der Waals surface area contributed by atoms with Gasteiger partial charge in [-0.15, -0.1) is 0 Å². The summed E-state index contributed by atoms with van der Waals surface area (Å²) < 4.78 is 27.7. The molecule has 0 amide bonds. The first-order valence-corrected chi connectivity index (χ1v) is 14.2. The van der Waals surface area contributed by atoms with Crippen molar-refractivity contribution in [2.45, 2.75) is 45.4 Å². The van der Waals surface area contributed by atoms with E-state index in [-0.39, 0.29) is 5.97 Å². The quantitative estimate of drug-likeness (QED) is 0.0675. The van der Waals surface area contributed by atoms with E-state index in [0.717, 1.165) is 72.5 Å². The molecule has 0 unspecified atom stereocenters. The zero-order valence-corrected chi connectivity index (χ0v) is 24.6. The second-order valence-corrected chi connectivity index (χ2v) is 9.79. The van der Waals surface area contributed by atoms with Crippen molar-refractivity contribution in [1.82, 2.24) is 0 Å². The summed E-state index contributed by atoms with van der Waals surface area (Å²) >= 11 is 0. The summed E-state index contributed by atoms with van der Waals surface area (Å²) in [5.74, 6) is 1.95. The molecule has 7 heteroatoms. The Morgan fingerprint density at radius 1 is 0.738 bits per heavy atom. The fourth-order valence-corrected chi connectivity index (χ4v) is 4.08. The molecule has 3 rings (SSSR count). The Bertz CT molecular complexity index is 1310. The van der Waals surface area contributed by atoms with E-state index >= 15 is 0 Å². The highest BCUT2D eigenvalue weighted by Crippen LogP contribution is 2.29. The normalized spacial score (nSPS) is 10.4. The zero-order valence-electron chi connectivity index (χ0n) is 24.6. The van der Waals surface area contributed by atoms with Crippen molar-refractivity contribution in [3.05, 3.63) is 97.1 Å². The van der Waals surface area contributed by atoms with Gasteiger partial charge < -0.3 is 23.7 Å². The van der Waals surface area contributed by atoms with E-state index < -0.39 is 5.97 Å². The summed E-state index contributed by atoms with van der Waals surface area (Å²) in [6.07, 6.45) is 6.61. The number of ether oxygens (including phenoxy) is 5. The number of carbonyl (C=O) groups excluding carboxylic acids is 2. The van der Waals surface area contributed by atoms with Gasteiger partial charge in [0.1, 0.15) is 11.5 Å². The van der Waals surface area contributed by atoms with Crippen molar-refractivity contribution in [3.63, 3.8) is 0 Å². The van der Waals surface area contributed by atoms with Crippen LogP contribution >= 0.6 is 0 Å². The second kappa shape index (κ2) is 17.3. The van der Waals surface area contributed by atoms with E-state index in [1.54, 1.807) is 26.2 Å². The lowest BCUT2D eigenvalue weighted by Gasteiger charge is -2.13. The maximum absolute atomic E-state index is 11.7. The van der Waals surface area contributed by atoms with E-state index in [0.29, 0.717) is 31.1 Å². The van der Waals surface area contributed by atoms with Gasteiger partial charge in [0.15, 0.2) is 11.5 Å². The molecule has 0 radical (unpaired) electrons. The van der Waals surface area contributed by atoms with Gasteiger partial charge in [-0.25, -0.2) is 9.59 Å². The lowest BCUT2D eigenvalue weighted by atomic mass is 10.1. The molecule has 0 saturated heterocycles. The highest BCUT2D eigenvalue weighted by molar-refractivity contribution is 5.88. The Labute approximate surface area is 248 Å². The van der Waals surface area contributed by atoms with Crippen LogP contribution < -0.4 is 18.9 Å². The number of hydrogen-bond donors (Lipinski definition) is 0. The van der Waals surface area contributed by atoms with Crippen molar-refractivity contribution in [2.75, 3.05) is 26.9 Å². The van der Waals surface area contributed by atoms with Crippen molar-refractivity contribution in [1.29, 1.82) is 0 Å². The van der Waals surface area contributed by atoms with E-state index in [1.165, 1.54) is 6.08 Å². The molecule has 0 atom stereocenters. The molecule has 42 heavy (non-hydrogen) atoms. The van der Waals surface area contributed by atoms with Crippen LogP contribution in [0, 0.1) is 0 Å². The minimum Gasteiger partial charge on any atom is -0.494 e. The molecule has 0 bridgehead atoms. The highest BCUT2D eigenvalue weighted by Gasteiger charge is 2.08. The van der Waals surface area contributed by atoms with Crippen molar-refractivity contribution >= 4 is 11.9 Å². The molecule has 0 aliphatic heterocycles. The molecule has 3 aromatic rings. The van der Waals surface area contributed by atoms with Gasteiger partial charge in [0.25, 0.3) is 0 Å². The third kappa shape index (κ3) is 10.8. The summed E-state index contributed by atoms with van der Waals surface area (Å²) in [6.45, 7) is 10.2. The van der Waals surface area contributed by atoms with Crippen LogP contribution in [-0.2, 0) is 20.7 Å². The smallest absolute Gasteiger partial charge is 0.338 e. The van der Waals surface area contributed by atoms with E-state index in [2.05, 4.69) is 19.2 Å². The highest BCUT2D eigenvalue weighted by atomic mass is 16.5. The van der Waals surface area contributed by atoms with Gasteiger partial charge in [-0.2, -0.15) is 0 Å². The molecule has 0 fully saturated rings. The van der Waals surface area contributed by atoms with Gasteiger partial charge in [0, 0.05) is 11.6 Å². The summed E-state index contributed by atoms with van der Waals surface area (Å²) in [7, 11) is 1.65. The molecule has 0 saturated carbocycles. The van der Waals surface area contributed by atoms with Crippen LogP contribution in [0.15, 0.2) is 91.5 Å². The standard InChI is InChI=1S/C35H40O7/c1-5-34(36)41-23-9-7-6-8-22-40-32-21-12-27(25-33(32)38-4)11-10-24-39-30-17-13-28(14-18-30)29-15-19-31(20-16-29)42-35(37)26(2)3/h5,12-21,25H,1-2,6-11,22-24H2,3-4H3. The number of unbranched alkanes of at least 4 members (excludes halogenated alkanes) is 3. The Hall–Kier alpha value is -4.52. The van der Waals surface area contributed by atoms with Crippen LogP contribution in [0.2, 0.25) is 0 Å². The number of methoxy groups -OCH3 is 1. The van der Waals surface area contributed by atoms with Gasteiger partial charge in [-0.1, -0.05) is 43.5 Å². The topological polar surface area (TPSA) is 80.3 Å². The molecule has 0 N–H and O–H groups in total. The van der Waals surface area contributed by atoms with Crippen LogP contribution in [-0.4, -0.2) is 38.9 Å². The molecule has 222 valence electrons. The predicted octanol–water partition coefficient (Wildman–Crippen LogP) is 7.52. The van der Waals surface area contributed by atoms with Gasteiger partial charge in [0.2, 0.25) is 0 Å². The minimum atomic E-state index is -0.434. The Morgan fingerprint density at radius 3 is 1.98 bits per heavy atom. The first-order chi connectivity index (χ1) is 20.4. The number of benzene rings is 3. The Balaban J connectivity index is 1.36. The first kappa shape index (κ1) is 32.0. The zero-order chi connectivity index (χ0) is 30.2. The summed E-state index contributed by atoms with van der Waals surface area (Å²) in [6, 6.07) is 21.3. The van der Waals surface area contributed by atoms with E-state index in [1.807, 2.05) is 48.5 Å². The number of esters is 2. The number of hydrogen-bond acceptors (Lipinski definition) is 7. The van der Waals surface area contributed by atoms with Crippen LogP contribution in [0.25, 0.3) is 11.1 Å². The average molecular weight is 573 g/mol. The van der Waals surface area contributed by atoms with Crippen molar-refractivity contribution in [2.24, 2.45) is 0 Å². The molecule has 0 spiro atoms. The molecule has 0 aromatic heterocycles. The summed E-state index contributed by atoms with van der Waals surface area (Å²) in [5, 5.41) is 0. The monoisotopic (exact) mass is 572 g/mol. The van der Waals surface area contributed by atoms with Gasteiger partial charge in [0.05, 0.1) is 26.9 Å². The van der Waals surface area contributed by atoms with Gasteiger partial charge in [-0.05, 0) is 98.5 Å². The van der Waals surface area contributed by atoms with Crippen molar-refractivity contribution in [3.8, 4) is 34.1 Å². The number of carbonyl (C=O) groups is 2. The molecule has 0 aliphatic rings. The molecule has 0 aliphatic carbocycles. The van der Waals surface area contributed by atoms with Crippen LogP contribution in [0.5, 0.6) is 23.0 Å². The fraction of sp³-hybridized carbons (Fsp3) is 0.314. The molecule has 7 nitrogen and oxygen atoms in total. The largest absolute Gasteiger partial charge is 0.494 e. The SMILES string of the molecule is C=CC(=O)OCCCCCCOc1ccc(CCCOc2ccc(-c3ccc(OC(=O)C(=C)C)cc3)cc2)cc1OC. The Kier molecular flexibility index (Phi) is 13.2. The lowest BCUT2D eigenvalue weighted by molar-refractivity contribution is -0.137. The molecular formula is C35H40O7. The molecule has 0 heterocycles. The van der Waals surface area contributed by atoms with E-state index in [9.17, 15) is 9.59 Å². The van der Waals surface area contributed by atoms with Crippen LogP contribution in [0.1, 0.15) is 44.6 Å². The first-order valence-electron chi connectivity index (χ1n) is 14.2. The van der Waals surface area contributed by atoms with E-state index in [4.69, 9.17) is 23.7 Å². The molecule has 3 aromatic carbocycles. The maximum atomic E-state index is 11.7. The average Bonchev–Trinajstić information content (AvgIpc) is 3.01. The maximum Gasteiger partial charge on any atom is 0.338 e. The number of rotatable bonds is 18. The number of aryl methyl sites for hydroxylation is 1. The van der Waals surface area contributed by atoms with Crippen LogP contribution in [0.3, 0.4) is 0 Å². The second-order valence-electron chi connectivity index (χ2n) is 9.79. The summed E-state index contributed by atoms with van der Waals surface area (Å²) in [5.41, 5.74) is 3.58. The Morgan fingerprint density at radius 2 is 1.36 bits per heavy atom. The van der Waals surface area contributed by atoms with Gasteiger partial charge >= 0.3 is 11.9 Å². The van der Waals surface area contributed by atoms with Gasteiger partial charge in [-0.3, -0.25) is 0 Å². The fourth-order valence-electron chi connectivity index (χ4n) is 4.08. The lowest BCUT2D eigenvalue weighted by Crippen LogP contribution is -2.07. The van der Waals surface area contributed by atoms with Crippen LogP contribution in [0.4, 0.5) is 0 Å². The minimum absolute atomic E-state index is 0.361. The third-order valence-electron chi connectivity index (χ3n) is 6.41.